The molecule has 160 valence electrons. The molecule has 7 nitrogen and oxygen atoms in total. The summed E-state index contributed by atoms with van der Waals surface area (Å²) >= 11 is 0. The first-order valence-electron chi connectivity index (χ1n) is 10.0. The molecule has 0 heterocycles. The number of rotatable bonds is 7. The van der Waals surface area contributed by atoms with Crippen LogP contribution in [0.1, 0.15) is 32.1 Å². The predicted molar refractivity (Wildman–Crippen MR) is 114 cm³/mol. The molecule has 0 aromatic heterocycles. The van der Waals surface area contributed by atoms with E-state index in [0.717, 1.165) is 19.3 Å². The van der Waals surface area contributed by atoms with Crippen molar-refractivity contribution >= 4 is 27.5 Å². The summed E-state index contributed by atoms with van der Waals surface area (Å²) < 4.78 is 30.1. The fourth-order valence-electron chi connectivity index (χ4n) is 3.48. The Kier molecular flexibility index (Phi) is 7.46. The third-order valence-electron chi connectivity index (χ3n) is 4.99. The minimum Gasteiger partial charge on any atom is -0.446 e. The summed E-state index contributed by atoms with van der Waals surface area (Å²) in [5.41, 5.74) is 0.655. The maximum absolute atomic E-state index is 12.3. The van der Waals surface area contributed by atoms with Crippen LogP contribution in [0.15, 0.2) is 65.6 Å². The number of sulfone groups is 1. The monoisotopic (exact) mass is 430 g/mol. The van der Waals surface area contributed by atoms with Crippen molar-refractivity contribution in [3.8, 4) is 0 Å². The van der Waals surface area contributed by atoms with Crippen LogP contribution in [0.3, 0.4) is 0 Å². The second-order valence-electron chi connectivity index (χ2n) is 7.33. The Balaban J connectivity index is 1.44. The van der Waals surface area contributed by atoms with Crippen molar-refractivity contribution < 1.29 is 22.7 Å². The van der Waals surface area contributed by atoms with Gasteiger partial charge in [-0.15, -0.1) is 0 Å². The summed E-state index contributed by atoms with van der Waals surface area (Å²) in [7, 11) is -3.49. The Morgan fingerprint density at radius 3 is 2.33 bits per heavy atom. The van der Waals surface area contributed by atoms with Crippen molar-refractivity contribution in [3.05, 3.63) is 60.7 Å². The number of para-hydroxylation sites is 1. The van der Waals surface area contributed by atoms with E-state index in [2.05, 4.69) is 10.6 Å². The summed E-state index contributed by atoms with van der Waals surface area (Å²) in [6.45, 7) is 0. The largest absolute Gasteiger partial charge is 0.446 e. The lowest BCUT2D eigenvalue weighted by Crippen LogP contribution is -2.41. The highest BCUT2D eigenvalue weighted by molar-refractivity contribution is 7.91. The van der Waals surface area contributed by atoms with Gasteiger partial charge in [-0.1, -0.05) is 36.4 Å². The van der Waals surface area contributed by atoms with Gasteiger partial charge in [0.2, 0.25) is 5.91 Å². The molecule has 8 heteroatoms. The zero-order valence-corrected chi connectivity index (χ0v) is 17.4. The highest BCUT2D eigenvalue weighted by Crippen LogP contribution is 2.22. The summed E-state index contributed by atoms with van der Waals surface area (Å²) in [6.07, 6.45) is 1.92. The van der Waals surface area contributed by atoms with E-state index in [4.69, 9.17) is 4.74 Å². The van der Waals surface area contributed by atoms with E-state index >= 15 is 0 Å². The number of benzene rings is 2. The van der Waals surface area contributed by atoms with Gasteiger partial charge in [-0.05, 0) is 43.5 Å². The molecule has 1 fully saturated rings. The van der Waals surface area contributed by atoms with Gasteiger partial charge >= 0.3 is 6.09 Å². The van der Waals surface area contributed by atoms with Crippen LogP contribution >= 0.6 is 0 Å². The molecule has 0 bridgehead atoms. The van der Waals surface area contributed by atoms with Crippen LogP contribution in [-0.4, -0.2) is 38.3 Å². The molecule has 0 spiro atoms. The predicted octanol–water partition coefficient (Wildman–Crippen LogP) is 3.53. The second-order valence-corrected chi connectivity index (χ2v) is 9.44. The van der Waals surface area contributed by atoms with E-state index in [9.17, 15) is 18.0 Å². The van der Waals surface area contributed by atoms with Crippen molar-refractivity contribution in [1.29, 1.82) is 0 Å². The second kappa shape index (κ2) is 10.2. The summed E-state index contributed by atoms with van der Waals surface area (Å²) in [4.78, 5) is 24.5. The molecule has 1 saturated carbocycles. The third-order valence-corrected chi connectivity index (χ3v) is 6.72. The SMILES string of the molecule is O=C(CCS(=O)(=O)c1ccccc1)NC1CCCC(OC(=O)Nc2ccccc2)C1. The van der Waals surface area contributed by atoms with Gasteiger partial charge in [0.15, 0.2) is 9.84 Å². The Hall–Kier alpha value is -2.87. The Labute approximate surface area is 176 Å². The van der Waals surface area contributed by atoms with E-state index in [1.165, 1.54) is 12.1 Å². The molecule has 0 radical (unpaired) electrons. The van der Waals surface area contributed by atoms with Crippen molar-refractivity contribution in [2.75, 3.05) is 11.1 Å². The first-order chi connectivity index (χ1) is 14.4. The minimum absolute atomic E-state index is 0.103. The highest BCUT2D eigenvalue weighted by atomic mass is 32.2. The van der Waals surface area contributed by atoms with Gasteiger partial charge in [-0.3, -0.25) is 10.1 Å². The lowest BCUT2D eigenvalue weighted by Gasteiger charge is -2.29. The topological polar surface area (TPSA) is 102 Å². The minimum atomic E-state index is -3.49. The number of anilines is 1. The van der Waals surface area contributed by atoms with Crippen molar-refractivity contribution in [2.45, 2.75) is 49.1 Å². The quantitative estimate of drug-likeness (QED) is 0.700. The van der Waals surface area contributed by atoms with Gasteiger partial charge in [-0.2, -0.15) is 0 Å². The van der Waals surface area contributed by atoms with Gasteiger partial charge in [-0.25, -0.2) is 13.2 Å². The molecular weight excluding hydrogens is 404 g/mol. The van der Waals surface area contributed by atoms with Gasteiger partial charge in [0.1, 0.15) is 6.10 Å². The number of amides is 2. The van der Waals surface area contributed by atoms with Crippen LogP contribution in [0.4, 0.5) is 10.5 Å². The average molecular weight is 431 g/mol. The molecule has 0 saturated heterocycles. The van der Waals surface area contributed by atoms with Crippen LogP contribution in [0.5, 0.6) is 0 Å². The molecule has 30 heavy (non-hydrogen) atoms. The zero-order valence-electron chi connectivity index (χ0n) is 16.6. The maximum Gasteiger partial charge on any atom is 0.411 e. The molecule has 1 aliphatic carbocycles. The Morgan fingerprint density at radius 2 is 1.63 bits per heavy atom. The van der Waals surface area contributed by atoms with Crippen molar-refractivity contribution in [1.82, 2.24) is 5.32 Å². The number of hydrogen-bond donors (Lipinski definition) is 2. The Bertz CT molecular complexity index is 948. The third kappa shape index (κ3) is 6.59. The van der Waals surface area contributed by atoms with Crippen LogP contribution in [0.25, 0.3) is 0 Å². The molecule has 2 atom stereocenters. The standard InChI is InChI=1S/C22H26N2O5S/c25-21(14-15-30(27,28)20-12-5-2-6-13-20)23-18-10-7-11-19(16-18)29-22(26)24-17-8-3-1-4-9-17/h1-6,8-9,12-13,18-19H,7,10-11,14-16H2,(H,23,25)(H,24,26). The number of ether oxygens (including phenoxy) is 1. The summed E-state index contributed by atoms with van der Waals surface area (Å²) in [6, 6.07) is 17.0. The number of carbonyl (C=O) groups excluding carboxylic acids is 2. The van der Waals surface area contributed by atoms with Crippen LogP contribution in [0, 0.1) is 0 Å². The Morgan fingerprint density at radius 1 is 0.967 bits per heavy atom. The van der Waals surface area contributed by atoms with Gasteiger partial charge in [0.25, 0.3) is 0 Å². The highest BCUT2D eigenvalue weighted by Gasteiger charge is 2.26. The molecule has 2 aromatic carbocycles. The molecular formula is C22H26N2O5S. The average Bonchev–Trinajstić information content (AvgIpc) is 2.74. The van der Waals surface area contributed by atoms with Gasteiger partial charge in [0, 0.05) is 24.6 Å². The molecule has 2 aromatic rings. The summed E-state index contributed by atoms with van der Waals surface area (Å²) in [5, 5.41) is 5.56. The van der Waals surface area contributed by atoms with E-state index in [1.807, 2.05) is 18.2 Å². The van der Waals surface area contributed by atoms with Crippen molar-refractivity contribution in [2.24, 2.45) is 0 Å². The van der Waals surface area contributed by atoms with Crippen LogP contribution < -0.4 is 10.6 Å². The van der Waals surface area contributed by atoms with Crippen LogP contribution in [0.2, 0.25) is 0 Å². The first kappa shape index (κ1) is 21.8. The number of nitrogens with one attached hydrogen (secondary N) is 2. The molecule has 2 unspecified atom stereocenters. The molecule has 1 aliphatic rings. The number of carbonyl (C=O) groups is 2. The molecule has 2 amide bonds. The van der Waals surface area contributed by atoms with E-state index in [0.29, 0.717) is 12.1 Å². The van der Waals surface area contributed by atoms with Crippen LogP contribution in [-0.2, 0) is 19.4 Å². The van der Waals surface area contributed by atoms with E-state index in [-0.39, 0.29) is 35.1 Å². The van der Waals surface area contributed by atoms with Gasteiger partial charge in [0.05, 0.1) is 10.6 Å². The van der Waals surface area contributed by atoms with Gasteiger partial charge < -0.3 is 10.1 Å². The fourth-order valence-corrected chi connectivity index (χ4v) is 4.74. The molecule has 2 N–H and O–H groups in total. The maximum atomic E-state index is 12.3. The lowest BCUT2D eigenvalue weighted by atomic mass is 9.93. The number of hydrogen-bond acceptors (Lipinski definition) is 5. The normalized spacial score (nSPS) is 18.9. The lowest BCUT2D eigenvalue weighted by molar-refractivity contribution is -0.121. The molecule has 3 rings (SSSR count). The van der Waals surface area contributed by atoms with E-state index < -0.39 is 15.9 Å². The first-order valence-corrected chi connectivity index (χ1v) is 11.7. The zero-order chi connectivity index (χ0) is 21.4. The smallest absolute Gasteiger partial charge is 0.411 e. The van der Waals surface area contributed by atoms with E-state index in [1.54, 1.807) is 30.3 Å². The fraction of sp³-hybridized carbons (Fsp3) is 0.364. The van der Waals surface area contributed by atoms with Crippen molar-refractivity contribution in [3.63, 3.8) is 0 Å². The molecule has 0 aliphatic heterocycles. The summed E-state index contributed by atoms with van der Waals surface area (Å²) in [5.74, 6) is -0.552.